The molecule has 128 valence electrons. The lowest BCUT2D eigenvalue weighted by molar-refractivity contribution is -0.295. The normalized spacial score (nSPS) is 34.7. The van der Waals surface area contributed by atoms with Crippen LogP contribution in [0.1, 0.15) is 6.42 Å². The van der Waals surface area contributed by atoms with Crippen LogP contribution in [-0.2, 0) is 14.3 Å². The quantitative estimate of drug-likeness (QED) is 0.234. The summed E-state index contributed by atoms with van der Waals surface area (Å²) in [7, 11) is 0. The Bertz CT molecular complexity index is 418. The minimum atomic E-state index is -2.85. The third kappa shape index (κ3) is 3.89. The zero-order valence-electron chi connectivity index (χ0n) is 11.4. The van der Waals surface area contributed by atoms with E-state index in [9.17, 15) is 30.0 Å². The molecule has 1 saturated heterocycles. The summed E-state index contributed by atoms with van der Waals surface area (Å²) in [6.45, 7) is -1.86. The molecule has 0 aliphatic carbocycles. The monoisotopic (exact) mass is 325 g/mol. The lowest BCUT2D eigenvalue weighted by atomic mass is 9.88. The first kappa shape index (κ1) is 18.7. The molecule has 0 spiro atoms. The first-order valence-corrected chi connectivity index (χ1v) is 6.35. The molecule has 11 heteroatoms. The zero-order chi connectivity index (χ0) is 17.1. The van der Waals surface area contributed by atoms with Gasteiger partial charge in [0.05, 0.1) is 18.8 Å². The number of carbonyl (C=O) groups excluding carboxylic acids is 1. The first-order valence-electron chi connectivity index (χ1n) is 6.35. The molecule has 1 aliphatic heterocycles. The van der Waals surface area contributed by atoms with Crippen LogP contribution in [0.3, 0.4) is 0 Å². The molecule has 0 aromatic rings. The van der Waals surface area contributed by atoms with Crippen molar-refractivity contribution in [3.05, 3.63) is 0 Å². The van der Waals surface area contributed by atoms with E-state index >= 15 is 0 Å². The number of aliphatic carboxylic acids is 1. The summed E-state index contributed by atoms with van der Waals surface area (Å²) in [6, 6.07) is -1.42. The lowest BCUT2D eigenvalue weighted by Gasteiger charge is -2.44. The fourth-order valence-electron chi connectivity index (χ4n) is 2.13. The smallest absolute Gasteiger partial charge is 0.364 e. The topological polar surface area (TPSA) is 197 Å². The van der Waals surface area contributed by atoms with Crippen LogP contribution >= 0.6 is 0 Å². The summed E-state index contributed by atoms with van der Waals surface area (Å²) < 4.78 is 4.83. The minimum absolute atomic E-state index is 0.822. The average Bonchev–Trinajstić information content (AvgIpc) is 2.47. The number of carboxylic acid groups (broad SMARTS) is 1. The van der Waals surface area contributed by atoms with Crippen molar-refractivity contribution in [2.75, 3.05) is 13.2 Å². The van der Waals surface area contributed by atoms with Gasteiger partial charge in [0.15, 0.2) is 0 Å². The first-order chi connectivity index (χ1) is 10.2. The highest BCUT2D eigenvalue weighted by molar-refractivity contribution is 5.78. The molecular weight excluding hydrogens is 306 g/mol. The van der Waals surface area contributed by atoms with Gasteiger partial charge >= 0.3 is 5.97 Å². The maximum atomic E-state index is 11.2. The summed E-state index contributed by atoms with van der Waals surface area (Å²) in [6.07, 6.45) is -7.92. The van der Waals surface area contributed by atoms with Gasteiger partial charge in [0.25, 0.3) is 5.79 Å². The van der Waals surface area contributed by atoms with Crippen LogP contribution in [0.4, 0.5) is 0 Å². The van der Waals surface area contributed by atoms with Gasteiger partial charge in [-0.2, -0.15) is 0 Å². The Morgan fingerprint density at radius 1 is 1.32 bits per heavy atom. The number of nitrogens with one attached hydrogen (secondary N) is 1. The van der Waals surface area contributed by atoms with E-state index in [1.807, 2.05) is 0 Å². The average molecular weight is 325 g/mol. The SMILES string of the molecule is O=C(CO)N[C@H]1[C@H]([C@@H](O)[C@H](O)CO)OC(O)(C(=O)O)C[C@@H]1O. The minimum Gasteiger partial charge on any atom is -0.477 e. The molecule has 1 unspecified atom stereocenters. The fourth-order valence-corrected chi connectivity index (χ4v) is 2.13. The van der Waals surface area contributed by atoms with E-state index in [1.54, 1.807) is 0 Å². The van der Waals surface area contributed by atoms with Gasteiger partial charge in [-0.15, -0.1) is 0 Å². The third-order valence-corrected chi connectivity index (χ3v) is 3.31. The molecule has 0 bridgehead atoms. The number of ether oxygens (including phenoxy) is 1. The van der Waals surface area contributed by atoms with Crippen LogP contribution in [0.15, 0.2) is 0 Å². The third-order valence-electron chi connectivity index (χ3n) is 3.31. The number of hydrogen-bond acceptors (Lipinski definition) is 9. The van der Waals surface area contributed by atoms with Gasteiger partial charge < -0.3 is 45.8 Å². The molecule has 1 rings (SSSR count). The Morgan fingerprint density at radius 3 is 2.36 bits per heavy atom. The van der Waals surface area contributed by atoms with E-state index in [-0.39, 0.29) is 0 Å². The number of carboxylic acids is 1. The number of hydrogen-bond donors (Lipinski definition) is 8. The number of aliphatic hydroxyl groups excluding tert-OH is 5. The van der Waals surface area contributed by atoms with Gasteiger partial charge in [-0.25, -0.2) is 4.79 Å². The Labute approximate surface area is 124 Å². The highest BCUT2D eigenvalue weighted by Gasteiger charge is 2.53. The Hall–Kier alpha value is -1.34. The van der Waals surface area contributed by atoms with E-state index in [1.165, 1.54) is 0 Å². The lowest BCUT2D eigenvalue weighted by Crippen LogP contribution is -2.67. The van der Waals surface area contributed by atoms with E-state index < -0.39 is 67.8 Å². The van der Waals surface area contributed by atoms with Crippen LogP contribution in [0.5, 0.6) is 0 Å². The molecule has 8 N–H and O–H groups in total. The van der Waals surface area contributed by atoms with Crippen molar-refractivity contribution in [1.29, 1.82) is 0 Å². The maximum Gasteiger partial charge on any atom is 0.364 e. The van der Waals surface area contributed by atoms with Crippen molar-refractivity contribution in [3.8, 4) is 0 Å². The maximum absolute atomic E-state index is 11.2. The van der Waals surface area contributed by atoms with Gasteiger partial charge in [-0.3, -0.25) is 4.79 Å². The fraction of sp³-hybridized carbons (Fsp3) is 0.818. The number of amides is 1. The van der Waals surface area contributed by atoms with Gasteiger partial charge in [-0.05, 0) is 0 Å². The van der Waals surface area contributed by atoms with E-state index in [4.69, 9.17) is 20.1 Å². The molecular formula is C11H19NO10. The molecule has 0 radical (unpaired) electrons. The summed E-state index contributed by atoms with van der Waals surface area (Å²) in [5.74, 6) is -5.64. The van der Waals surface area contributed by atoms with Crippen molar-refractivity contribution < 1.29 is 50.1 Å². The molecule has 6 atom stereocenters. The standard InChI is InChI=1S/C11H19NO10/c13-2-5(16)8(18)9-7(12-6(17)3-14)4(15)1-11(21,22-9)10(19)20/h4-5,7-9,13-16,18,21H,1-3H2,(H,12,17)(H,19,20)/t4-,5+,7+,8-,9+,11?/m0/s1. The highest BCUT2D eigenvalue weighted by atomic mass is 16.7. The van der Waals surface area contributed by atoms with Gasteiger partial charge in [0.2, 0.25) is 5.91 Å². The van der Waals surface area contributed by atoms with Crippen molar-refractivity contribution in [3.63, 3.8) is 0 Å². The number of carbonyl (C=O) groups is 2. The summed E-state index contributed by atoms with van der Waals surface area (Å²) in [5.41, 5.74) is 0. The molecule has 1 fully saturated rings. The van der Waals surface area contributed by atoms with Crippen LogP contribution < -0.4 is 5.32 Å². The molecule has 1 heterocycles. The van der Waals surface area contributed by atoms with Crippen molar-refractivity contribution >= 4 is 11.9 Å². The van der Waals surface area contributed by atoms with Crippen molar-refractivity contribution in [2.24, 2.45) is 0 Å². The highest BCUT2D eigenvalue weighted by Crippen LogP contribution is 2.30. The summed E-state index contributed by atoms with van der Waals surface area (Å²) >= 11 is 0. The molecule has 0 aromatic heterocycles. The van der Waals surface area contributed by atoms with Crippen LogP contribution in [0.2, 0.25) is 0 Å². The second-order valence-electron chi connectivity index (χ2n) is 4.94. The van der Waals surface area contributed by atoms with Crippen LogP contribution in [-0.4, -0.2) is 97.1 Å². The number of aliphatic hydroxyl groups is 6. The van der Waals surface area contributed by atoms with E-state index in [0.717, 1.165) is 0 Å². The largest absolute Gasteiger partial charge is 0.477 e. The molecule has 22 heavy (non-hydrogen) atoms. The second kappa shape index (κ2) is 7.28. The Morgan fingerprint density at radius 2 is 1.91 bits per heavy atom. The zero-order valence-corrected chi connectivity index (χ0v) is 11.4. The van der Waals surface area contributed by atoms with Crippen LogP contribution in [0.25, 0.3) is 0 Å². The molecule has 1 aliphatic rings. The molecule has 0 saturated carbocycles. The van der Waals surface area contributed by atoms with Gasteiger partial charge in [0.1, 0.15) is 24.9 Å². The number of rotatable bonds is 6. The van der Waals surface area contributed by atoms with E-state index in [2.05, 4.69) is 5.32 Å². The molecule has 1 amide bonds. The van der Waals surface area contributed by atoms with Crippen molar-refractivity contribution in [1.82, 2.24) is 5.32 Å². The predicted molar refractivity (Wildman–Crippen MR) is 66.2 cm³/mol. The van der Waals surface area contributed by atoms with Crippen molar-refractivity contribution in [2.45, 2.75) is 42.7 Å². The summed E-state index contributed by atoms with van der Waals surface area (Å²) in [4.78, 5) is 22.2. The Kier molecular flexibility index (Phi) is 6.19. The Balaban J connectivity index is 3.07. The molecule has 0 aromatic carbocycles. The second-order valence-corrected chi connectivity index (χ2v) is 4.94. The van der Waals surface area contributed by atoms with Gasteiger partial charge in [0, 0.05) is 6.42 Å². The van der Waals surface area contributed by atoms with Crippen LogP contribution in [0, 0.1) is 0 Å². The summed E-state index contributed by atoms with van der Waals surface area (Å²) in [5, 5.41) is 67.5. The predicted octanol–water partition coefficient (Wildman–Crippen LogP) is -4.90. The molecule has 11 nitrogen and oxygen atoms in total. The van der Waals surface area contributed by atoms with Gasteiger partial charge in [-0.1, -0.05) is 0 Å². The van der Waals surface area contributed by atoms with E-state index in [0.29, 0.717) is 0 Å².